The summed E-state index contributed by atoms with van der Waals surface area (Å²) in [6, 6.07) is 19.1. The molecule has 2 N–H and O–H groups in total. The average molecular weight is 627 g/mol. The van der Waals surface area contributed by atoms with E-state index >= 15 is 0 Å². The lowest BCUT2D eigenvalue weighted by Crippen LogP contribution is -2.44. The molecule has 0 amide bonds. The van der Waals surface area contributed by atoms with Gasteiger partial charge in [-0.15, -0.1) is 0 Å². The highest BCUT2D eigenvalue weighted by molar-refractivity contribution is 6.74. The SMILES string of the molecule is COC(=O)c1ccc2cc(NC[C@@H](CNC[C@H](O[Si](C)(C)C(C)(C)C)c3cccc(Cl)c3)C(=O)OC(C)(C)C)ccc2c1. The highest BCUT2D eigenvalue weighted by Crippen LogP contribution is 2.40. The number of benzene rings is 3. The van der Waals surface area contributed by atoms with Gasteiger partial charge in [-0.1, -0.05) is 56.6 Å². The summed E-state index contributed by atoms with van der Waals surface area (Å²) in [5.74, 6) is -1.10. The summed E-state index contributed by atoms with van der Waals surface area (Å²) < 4.78 is 17.4. The fourth-order valence-corrected chi connectivity index (χ4v) is 5.80. The molecule has 7 nitrogen and oxygen atoms in total. The van der Waals surface area contributed by atoms with Gasteiger partial charge in [0.1, 0.15) is 5.60 Å². The van der Waals surface area contributed by atoms with Crippen molar-refractivity contribution >= 4 is 48.3 Å². The zero-order valence-electron chi connectivity index (χ0n) is 27.0. The van der Waals surface area contributed by atoms with Crippen LogP contribution in [0.15, 0.2) is 60.7 Å². The van der Waals surface area contributed by atoms with Gasteiger partial charge in [-0.05, 0) is 91.6 Å². The first-order valence-corrected chi connectivity index (χ1v) is 18.0. The van der Waals surface area contributed by atoms with Gasteiger partial charge in [0.25, 0.3) is 0 Å². The summed E-state index contributed by atoms with van der Waals surface area (Å²) in [4.78, 5) is 25.2. The van der Waals surface area contributed by atoms with Crippen molar-refractivity contribution in [3.05, 3.63) is 76.8 Å². The second-order valence-corrected chi connectivity index (χ2v) is 18.7. The van der Waals surface area contributed by atoms with E-state index in [0.29, 0.717) is 30.2 Å². The summed E-state index contributed by atoms with van der Waals surface area (Å²) in [7, 11) is -0.736. The number of carbonyl (C=O) groups excluding carboxylic acids is 2. The number of hydrogen-bond donors (Lipinski definition) is 2. The van der Waals surface area contributed by atoms with Crippen LogP contribution in [0.2, 0.25) is 23.2 Å². The number of fused-ring (bicyclic) bond motifs is 1. The van der Waals surface area contributed by atoms with Crippen LogP contribution < -0.4 is 10.6 Å². The van der Waals surface area contributed by atoms with Crippen LogP contribution in [0.4, 0.5) is 5.69 Å². The Labute approximate surface area is 262 Å². The minimum Gasteiger partial charge on any atom is -0.465 e. The Bertz CT molecular complexity index is 1410. The highest BCUT2D eigenvalue weighted by Gasteiger charge is 2.39. The maximum Gasteiger partial charge on any atom is 0.337 e. The van der Waals surface area contributed by atoms with Crippen LogP contribution in [0.5, 0.6) is 0 Å². The molecule has 43 heavy (non-hydrogen) atoms. The van der Waals surface area contributed by atoms with Gasteiger partial charge in [-0.2, -0.15) is 0 Å². The molecule has 0 aliphatic carbocycles. The van der Waals surface area contributed by atoms with Gasteiger partial charge in [0.2, 0.25) is 0 Å². The van der Waals surface area contributed by atoms with Crippen LogP contribution in [0.3, 0.4) is 0 Å². The molecule has 0 aromatic heterocycles. The minimum absolute atomic E-state index is 0.0352. The Kier molecular flexibility index (Phi) is 11.5. The van der Waals surface area contributed by atoms with Crippen molar-refractivity contribution in [2.24, 2.45) is 5.92 Å². The summed E-state index contributed by atoms with van der Waals surface area (Å²) in [6.07, 6.45) is -0.220. The van der Waals surface area contributed by atoms with E-state index in [-0.39, 0.29) is 23.1 Å². The van der Waals surface area contributed by atoms with Gasteiger partial charge in [-0.25, -0.2) is 4.79 Å². The van der Waals surface area contributed by atoms with E-state index in [4.69, 9.17) is 25.5 Å². The zero-order valence-corrected chi connectivity index (χ0v) is 28.7. The third kappa shape index (κ3) is 10.1. The van der Waals surface area contributed by atoms with Crippen LogP contribution >= 0.6 is 11.6 Å². The molecule has 2 atom stereocenters. The van der Waals surface area contributed by atoms with Gasteiger partial charge in [0.15, 0.2) is 8.32 Å². The number of hydrogen-bond acceptors (Lipinski definition) is 7. The molecule has 0 spiro atoms. The van der Waals surface area contributed by atoms with Crippen molar-refractivity contribution in [3.63, 3.8) is 0 Å². The lowest BCUT2D eigenvalue weighted by molar-refractivity contribution is -0.159. The summed E-state index contributed by atoms with van der Waals surface area (Å²) in [5, 5.41) is 9.50. The summed E-state index contributed by atoms with van der Waals surface area (Å²) >= 11 is 6.35. The number of esters is 2. The van der Waals surface area contributed by atoms with E-state index in [1.165, 1.54) is 7.11 Å². The maximum absolute atomic E-state index is 13.3. The Morgan fingerprint density at radius 3 is 2.19 bits per heavy atom. The molecule has 0 unspecified atom stereocenters. The molecule has 0 aliphatic heterocycles. The van der Waals surface area contributed by atoms with Crippen molar-refractivity contribution < 1.29 is 23.5 Å². The van der Waals surface area contributed by atoms with Crippen LogP contribution in [-0.2, 0) is 18.7 Å². The first kappa shape index (κ1) is 34.6. The van der Waals surface area contributed by atoms with Crippen LogP contribution in [-0.4, -0.2) is 52.6 Å². The standard InChI is InChI=1S/C34H47ClN2O5Si/c1-33(2,3)41-32(39)27(21-37-29-16-15-23-17-26(31(38)40-7)14-13-24(23)19-29)20-36-22-30(25-11-10-12-28(35)18-25)42-43(8,9)34(4,5)6/h10-19,27,30,36-37H,20-22H2,1-9H3/t27-,30+/m1/s1. The lowest BCUT2D eigenvalue weighted by Gasteiger charge is -2.39. The third-order valence-corrected chi connectivity index (χ3v) is 12.5. The van der Waals surface area contributed by atoms with Crippen molar-refractivity contribution in [3.8, 4) is 0 Å². The highest BCUT2D eigenvalue weighted by atomic mass is 35.5. The first-order chi connectivity index (χ1) is 20.0. The predicted octanol–water partition coefficient (Wildman–Crippen LogP) is 8.00. The van der Waals surface area contributed by atoms with Crippen molar-refractivity contribution in [2.45, 2.75) is 71.4 Å². The lowest BCUT2D eigenvalue weighted by atomic mass is 10.1. The molecule has 0 saturated heterocycles. The van der Waals surface area contributed by atoms with Gasteiger partial charge in [-0.3, -0.25) is 4.79 Å². The summed E-state index contributed by atoms with van der Waals surface area (Å²) in [5.41, 5.74) is 1.76. The number of halogens is 1. The van der Waals surface area contributed by atoms with Gasteiger partial charge in [0.05, 0.1) is 24.7 Å². The zero-order chi connectivity index (χ0) is 32.0. The van der Waals surface area contributed by atoms with Crippen molar-refractivity contribution in [1.82, 2.24) is 5.32 Å². The molecule has 0 fully saturated rings. The number of ether oxygens (including phenoxy) is 2. The Morgan fingerprint density at radius 2 is 1.56 bits per heavy atom. The van der Waals surface area contributed by atoms with E-state index in [9.17, 15) is 9.59 Å². The molecule has 3 aromatic rings. The fourth-order valence-electron chi connectivity index (χ4n) is 4.32. The topological polar surface area (TPSA) is 85.9 Å². The van der Waals surface area contributed by atoms with Gasteiger partial charge < -0.3 is 24.5 Å². The average Bonchev–Trinajstić information content (AvgIpc) is 2.91. The Hall–Kier alpha value is -2.91. The number of carbonyl (C=O) groups is 2. The molecule has 0 saturated carbocycles. The monoisotopic (exact) mass is 626 g/mol. The molecule has 0 heterocycles. The molecular weight excluding hydrogens is 580 g/mol. The molecule has 3 rings (SSSR count). The molecule has 234 valence electrons. The van der Waals surface area contributed by atoms with Gasteiger partial charge in [0, 0.05) is 30.3 Å². The smallest absolute Gasteiger partial charge is 0.337 e. The molecule has 0 bridgehead atoms. The normalized spacial score (nSPS) is 13.8. The molecular formula is C34H47ClN2O5Si. The van der Waals surface area contributed by atoms with E-state index in [0.717, 1.165) is 22.0 Å². The van der Waals surface area contributed by atoms with Crippen LogP contribution in [0, 0.1) is 5.92 Å². The van der Waals surface area contributed by atoms with Crippen molar-refractivity contribution in [1.29, 1.82) is 0 Å². The molecule has 9 heteroatoms. The van der Waals surface area contributed by atoms with E-state index in [1.54, 1.807) is 12.1 Å². The van der Waals surface area contributed by atoms with Crippen LogP contribution in [0.1, 0.15) is 63.6 Å². The fraction of sp³-hybridized carbons (Fsp3) is 0.471. The number of nitrogens with one attached hydrogen (secondary N) is 2. The Balaban J connectivity index is 1.76. The molecule has 0 aliphatic rings. The number of anilines is 1. The Morgan fingerprint density at radius 1 is 0.884 bits per heavy atom. The summed E-state index contributed by atoms with van der Waals surface area (Å²) in [6.45, 7) is 18.0. The quantitative estimate of drug-likeness (QED) is 0.156. The molecule has 3 aromatic carbocycles. The number of methoxy groups -OCH3 is 1. The minimum atomic E-state index is -2.11. The van der Waals surface area contributed by atoms with Gasteiger partial charge >= 0.3 is 11.9 Å². The third-order valence-electron chi connectivity index (χ3n) is 7.74. The van der Waals surface area contributed by atoms with E-state index < -0.39 is 19.8 Å². The van der Waals surface area contributed by atoms with Crippen molar-refractivity contribution in [2.75, 3.05) is 32.1 Å². The second kappa shape index (κ2) is 14.2. The molecule has 0 radical (unpaired) electrons. The number of rotatable bonds is 12. The predicted molar refractivity (Wildman–Crippen MR) is 178 cm³/mol. The largest absolute Gasteiger partial charge is 0.465 e. The van der Waals surface area contributed by atoms with Crippen LogP contribution in [0.25, 0.3) is 10.8 Å². The first-order valence-electron chi connectivity index (χ1n) is 14.7. The second-order valence-electron chi connectivity index (χ2n) is 13.5. The van der Waals surface area contributed by atoms with E-state index in [1.807, 2.05) is 69.3 Å². The maximum atomic E-state index is 13.3. The van der Waals surface area contributed by atoms with E-state index in [2.05, 4.69) is 44.5 Å².